The standard InChI is InChI=1S/C14H14O4/c1-8-6-12(15)18-11-7-9(4-5-10(8)11)14(2,3)13(16)17/h4-7H,1-3H3,(H,16,17). The van der Waals surface area contributed by atoms with Crippen molar-refractivity contribution >= 4 is 16.9 Å². The summed E-state index contributed by atoms with van der Waals surface area (Å²) >= 11 is 0. The van der Waals surface area contributed by atoms with Crippen LogP contribution >= 0.6 is 0 Å². The van der Waals surface area contributed by atoms with Crippen LogP contribution in [-0.2, 0) is 10.2 Å². The van der Waals surface area contributed by atoms with Crippen molar-refractivity contribution in [1.82, 2.24) is 0 Å². The smallest absolute Gasteiger partial charge is 0.336 e. The van der Waals surface area contributed by atoms with Gasteiger partial charge in [0.05, 0.1) is 5.41 Å². The lowest BCUT2D eigenvalue weighted by molar-refractivity contribution is -0.142. The molecule has 0 aliphatic rings. The Kier molecular flexibility index (Phi) is 2.73. The highest BCUT2D eigenvalue weighted by Crippen LogP contribution is 2.27. The molecule has 1 aromatic heterocycles. The molecule has 0 saturated heterocycles. The minimum absolute atomic E-state index is 0.423. The van der Waals surface area contributed by atoms with Crippen LogP contribution in [0.25, 0.3) is 11.0 Å². The molecule has 0 unspecified atom stereocenters. The van der Waals surface area contributed by atoms with E-state index in [1.165, 1.54) is 6.07 Å². The Hall–Kier alpha value is -2.10. The first-order chi connectivity index (χ1) is 8.32. The number of rotatable bonds is 2. The first kappa shape index (κ1) is 12.4. The topological polar surface area (TPSA) is 67.5 Å². The second-order valence-electron chi connectivity index (χ2n) is 4.89. The Morgan fingerprint density at radius 2 is 1.94 bits per heavy atom. The van der Waals surface area contributed by atoms with Gasteiger partial charge < -0.3 is 9.52 Å². The van der Waals surface area contributed by atoms with E-state index in [1.807, 2.05) is 6.92 Å². The molecule has 1 N–H and O–H groups in total. The summed E-state index contributed by atoms with van der Waals surface area (Å²) < 4.78 is 5.11. The van der Waals surface area contributed by atoms with Gasteiger partial charge in [-0.2, -0.15) is 0 Å². The Morgan fingerprint density at radius 1 is 1.28 bits per heavy atom. The largest absolute Gasteiger partial charge is 0.481 e. The van der Waals surface area contributed by atoms with E-state index >= 15 is 0 Å². The van der Waals surface area contributed by atoms with Gasteiger partial charge in [-0.1, -0.05) is 12.1 Å². The van der Waals surface area contributed by atoms with Gasteiger partial charge in [0.1, 0.15) is 5.58 Å². The van der Waals surface area contributed by atoms with Crippen molar-refractivity contribution in [2.24, 2.45) is 0 Å². The summed E-state index contributed by atoms with van der Waals surface area (Å²) in [6.07, 6.45) is 0. The Labute approximate surface area is 104 Å². The van der Waals surface area contributed by atoms with Crippen LogP contribution in [0.3, 0.4) is 0 Å². The second kappa shape index (κ2) is 3.98. The average molecular weight is 246 g/mol. The van der Waals surface area contributed by atoms with Crippen LogP contribution in [-0.4, -0.2) is 11.1 Å². The summed E-state index contributed by atoms with van der Waals surface area (Å²) in [5, 5.41) is 10.0. The minimum atomic E-state index is -1.02. The molecule has 0 aliphatic carbocycles. The molecule has 1 heterocycles. The lowest BCUT2D eigenvalue weighted by Crippen LogP contribution is -2.28. The van der Waals surface area contributed by atoms with E-state index in [-0.39, 0.29) is 0 Å². The molecular weight excluding hydrogens is 232 g/mol. The van der Waals surface area contributed by atoms with Crippen LogP contribution in [0.2, 0.25) is 0 Å². The van der Waals surface area contributed by atoms with E-state index in [0.717, 1.165) is 10.9 Å². The van der Waals surface area contributed by atoms with Crippen LogP contribution in [0, 0.1) is 6.92 Å². The second-order valence-corrected chi connectivity index (χ2v) is 4.89. The molecule has 0 spiro atoms. The van der Waals surface area contributed by atoms with Gasteiger partial charge in [-0.05, 0) is 38.0 Å². The third kappa shape index (κ3) is 1.90. The van der Waals surface area contributed by atoms with Crippen molar-refractivity contribution in [1.29, 1.82) is 0 Å². The van der Waals surface area contributed by atoms with E-state index in [1.54, 1.807) is 32.0 Å². The van der Waals surface area contributed by atoms with Crippen LogP contribution in [0.15, 0.2) is 33.5 Å². The summed E-state index contributed by atoms with van der Waals surface area (Å²) in [6, 6.07) is 6.58. The van der Waals surface area contributed by atoms with E-state index < -0.39 is 17.0 Å². The highest BCUT2D eigenvalue weighted by atomic mass is 16.4. The number of carboxylic acid groups (broad SMARTS) is 1. The van der Waals surface area contributed by atoms with Crippen LogP contribution in [0.5, 0.6) is 0 Å². The van der Waals surface area contributed by atoms with Crippen LogP contribution < -0.4 is 5.63 Å². The average Bonchev–Trinajstić information content (AvgIpc) is 2.27. The molecule has 2 aromatic rings. The summed E-state index contributed by atoms with van der Waals surface area (Å²) in [7, 11) is 0. The maximum atomic E-state index is 11.3. The van der Waals surface area contributed by atoms with Gasteiger partial charge in [0.25, 0.3) is 0 Å². The molecule has 18 heavy (non-hydrogen) atoms. The fourth-order valence-corrected chi connectivity index (χ4v) is 1.84. The number of aliphatic carboxylic acids is 1. The summed E-state index contributed by atoms with van der Waals surface area (Å²) in [5.41, 5.74) is 0.408. The summed E-state index contributed by atoms with van der Waals surface area (Å²) in [4.78, 5) is 22.5. The summed E-state index contributed by atoms with van der Waals surface area (Å²) in [6.45, 7) is 5.05. The van der Waals surface area contributed by atoms with Crippen molar-refractivity contribution in [3.8, 4) is 0 Å². The third-order valence-corrected chi connectivity index (χ3v) is 3.21. The van der Waals surface area contributed by atoms with Gasteiger partial charge in [-0.3, -0.25) is 4.79 Å². The van der Waals surface area contributed by atoms with Gasteiger partial charge in [-0.15, -0.1) is 0 Å². The van der Waals surface area contributed by atoms with Crippen LogP contribution in [0.4, 0.5) is 0 Å². The van der Waals surface area contributed by atoms with Gasteiger partial charge in [0.2, 0.25) is 0 Å². The molecule has 94 valence electrons. The molecule has 0 amide bonds. The zero-order chi connectivity index (χ0) is 13.5. The van der Waals surface area contributed by atoms with E-state index in [2.05, 4.69) is 0 Å². The molecule has 2 rings (SSSR count). The van der Waals surface area contributed by atoms with Crippen molar-refractivity contribution in [2.75, 3.05) is 0 Å². The molecule has 0 radical (unpaired) electrons. The maximum Gasteiger partial charge on any atom is 0.336 e. The normalized spacial score (nSPS) is 11.7. The maximum absolute atomic E-state index is 11.3. The first-order valence-electron chi connectivity index (χ1n) is 5.61. The fourth-order valence-electron chi connectivity index (χ4n) is 1.84. The van der Waals surface area contributed by atoms with Crippen molar-refractivity contribution < 1.29 is 14.3 Å². The molecule has 4 nitrogen and oxygen atoms in total. The Bertz CT molecular complexity index is 680. The van der Waals surface area contributed by atoms with Gasteiger partial charge >= 0.3 is 11.6 Å². The van der Waals surface area contributed by atoms with Gasteiger partial charge in [-0.25, -0.2) is 4.79 Å². The Morgan fingerprint density at radius 3 is 2.56 bits per heavy atom. The number of carboxylic acids is 1. The molecular formula is C14H14O4. The molecule has 0 bridgehead atoms. The lowest BCUT2D eigenvalue weighted by Gasteiger charge is -2.19. The molecule has 4 heteroatoms. The Balaban J connectivity index is 2.72. The summed E-state index contributed by atoms with van der Waals surface area (Å²) in [5.74, 6) is -0.920. The third-order valence-electron chi connectivity index (χ3n) is 3.21. The van der Waals surface area contributed by atoms with Gasteiger partial charge in [0.15, 0.2) is 0 Å². The quantitative estimate of drug-likeness (QED) is 0.826. The fraction of sp³-hybridized carbons (Fsp3) is 0.286. The predicted octanol–water partition coefficient (Wildman–Crippen LogP) is 2.46. The van der Waals surface area contributed by atoms with E-state index in [9.17, 15) is 14.7 Å². The number of fused-ring (bicyclic) bond motifs is 1. The number of carbonyl (C=O) groups is 1. The van der Waals surface area contributed by atoms with Crippen LogP contribution in [0.1, 0.15) is 25.0 Å². The molecule has 0 saturated carbocycles. The monoisotopic (exact) mass is 246 g/mol. The highest BCUT2D eigenvalue weighted by Gasteiger charge is 2.29. The molecule has 0 fully saturated rings. The van der Waals surface area contributed by atoms with E-state index in [0.29, 0.717) is 11.1 Å². The minimum Gasteiger partial charge on any atom is -0.481 e. The number of hydrogen-bond acceptors (Lipinski definition) is 3. The number of aryl methyl sites for hydroxylation is 1. The number of hydrogen-bond donors (Lipinski definition) is 1. The lowest BCUT2D eigenvalue weighted by atomic mass is 9.84. The predicted molar refractivity (Wildman–Crippen MR) is 67.9 cm³/mol. The van der Waals surface area contributed by atoms with Gasteiger partial charge in [0, 0.05) is 11.5 Å². The molecule has 1 aromatic carbocycles. The zero-order valence-electron chi connectivity index (χ0n) is 10.5. The molecule has 0 atom stereocenters. The molecule has 0 aliphatic heterocycles. The van der Waals surface area contributed by atoms with Crippen molar-refractivity contribution in [2.45, 2.75) is 26.2 Å². The zero-order valence-corrected chi connectivity index (χ0v) is 10.5. The number of benzene rings is 1. The van der Waals surface area contributed by atoms with E-state index in [4.69, 9.17) is 4.42 Å². The first-order valence-corrected chi connectivity index (χ1v) is 5.61. The SMILES string of the molecule is Cc1cc(=O)oc2cc(C(C)(C)C(=O)O)ccc12. The van der Waals surface area contributed by atoms with Crippen molar-refractivity contribution in [3.63, 3.8) is 0 Å². The van der Waals surface area contributed by atoms with Crippen molar-refractivity contribution in [3.05, 3.63) is 45.8 Å². The highest BCUT2D eigenvalue weighted by molar-refractivity contribution is 5.85.